The van der Waals surface area contributed by atoms with Gasteiger partial charge in [-0.1, -0.05) is 48.5 Å². The van der Waals surface area contributed by atoms with Crippen molar-refractivity contribution in [3.05, 3.63) is 57.2 Å². The highest BCUT2D eigenvalue weighted by molar-refractivity contribution is 9.10. The zero-order valence-corrected chi connectivity index (χ0v) is 28.0. The van der Waals surface area contributed by atoms with Gasteiger partial charge in [-0.05, 0) is 99.8 Å². The molecule has 6 nitrogen and oxygen atoms in total. The maximum atomic E-state index is 13.2. The lowest BCUT2D eigenvalue weighted by Gasteiger charge is -2.66. The van der Waals surface area contributed by atoms with E-state index in [9.17, 15) is 10.2 Å². The normalized spacial score (nSPS) is 51.7. The Morgan fingerprint density at radius 3 is 2.61 bits per heavy atom. The number of aromatic amines is 1. The van der Waals surface area contributed by atoms with E-state index in [1.165, 1.54) is 43.3 Å². The first-order chi connectivity index (χ1) is 20.7. The lowest BCUT2D eigenvalue weighted by Crippen LogP contribution is -2.76. The maximum absolute atomic E-state index is 13.2. The largest absolute Gasteiger partial charge is 0.387 e. The van der Waals surface area contributed by atoms with Crippen LogP contribution in [0.15, 0.2) is 34.8 Å². The van der Waals surface area contributed by atoms with Crippen LogP contribution in [-0.2, 0) is 26.0 Å². The highest BCUT2D eigenvalue weighted by atomic mass is 79.9. The smallest absolute Gasteiger partial charge is 0.153 e. The number of hydrogen-bond acceptors (Lipinski definition) is 5. The van der Waals surface area contributed by atoms with E-state index in [1.807, 2.05) is 6.92 Å². The zero-order valence-electron chi connectivity index (χ0n) is 26.4. The molecule has 13 atom stereocenters. The highest BCUT2D eigenvalue weighted by Gasteiger charge is 2.86. The molecule has 2 aromatic rings. The summed E-state index contributed by atoms with van der Waals surface area (Å²) in [5.41, 5.74) is 5.54. The first-order valence-corrected chi connectivity index (χ1v) is 17.6. The number of ether oxygens (including phenoxy) is 3. The van der Waals surface area contributed by atoms with Crippen LogP contribution in [0.25, 0.3) is 10.9 Å². The molecule has 5 fully saturated rings. The molecule has 3 N–H and O–H groups in total. The van der Waals surface area contributed by atoms with Gasteiger partial charge in [-0.25, -0.2) is 0 Å². The predicted molar refractivity (Wildman–Crippen MR) is 171 cm³/mol. The molecule has 234 valence electrons. The van der Waals surface area contributed by atoms with Crippen LogP contribution in [0.2, 0.25) is 0 Å². The van der Waals surface area contributed by atoms with Crippen LogP contribution in [0.3, 0.4) is 0 Å². The lowest BCUT2D eigenvalue weighted by atomic mass is 9.40. The van der Waals surface area contributed by atoms with Gasteiger partial charge in [-0.15, -0.1) is 0 Å². The number of aliphatic hydroxyl groups is 2. The third-order valence-electron chi connectivity index (χ3n) is 15.1. The third-order valence-corrected chi connectivity index (χ3v) is 15.8. The van der Waals surface area contributed by atoms with Crippen molar-refractivity contribution < 1.29 is 24.4 Å². The fraction of sp³-hybridized carbons (Fsp3) is 0.676. The van der Waals surface area contributed by atoms with Crippen LogP contribution in [0.1, 0.15) is 101 Å². The molecule has 2 saturated heterocycles. The Labute approximate surface area is 267 Å². The zero-order chi connectivity index (χ0) is 30.7. The van der Waals surface area contributed by atoms with E-state index in [2.05, 4.69) is 67.8 Å². The Hall–Kier alpha value is -1.48. The summed E-state index contributed by atoms with van der Waals surface area (Å²) in [7, 11) is 0. The number of rotatable bonds is 1. The second-order valence-electron chi connectivity index (χ2n) is 16.8. The Bertz CT molecular complexity index is 1740. The standard InChI is InChI=1S/C37H44BrNO5/c1-15(2)29-28(40)32-37(44-32)23(42-29)9-10-34(6)35(7)19(8-11-36(34,37)41)30-27-26-22(39-31(27)35)14-21(38)18-12-16(3)17-13-20(24(17)25(18)26)33(4,5)43-30/h14,17,19-20,23-24,28-30,32,39-41H,1,3,8-13H2,2,4-7H3/t17-,19+,20+,23+,24+,28+,29-,30+,32-,34-,35+,36+,37+/m1/s1. The van der Waals surface area contributed by atoms with Crippen LogP contribution in [-0.4, -0.2) is 56.4 Å². The Morgan fingerprint density at radius 1 is 1.09 bits per heavy atom. The number of aliphatic hydroxyl groups excluding tert-OH is 1. The van der Waals surface area contributed by atoms with Crippen molar-refractivity contribution in [3.63, 3.8) is 0 Å². The minimum atomic E-state index is -1.17. The van der Waals surface area contributed by atoms with Crippen molar-refractivity contribution in [1.29, 1.82) is 0 Å². The molecular weight excluding hydrogens is 618 g/mol. The van der Waals surface area contributed by atoms with Crippen LogP contribution in [0.5, 0.6) is 0 Å². The second kappa shape index (κ2) is 7.79. The van der Waals surface area contributed by atoms with Gasteiger partial charge in [0.05, 0.1) is 17.8 Å². The topological polar surface area (TPSA) is 87.2 Å². The summed E-state index contributed by atoms with van der Waals surface area (Å²) in [6.07, 6.45) is 3.00. The van der Waals surface area contributed by atoms with E-state index in [0.29, 0.717) is 24.2 Å². The average Bonchev–Trinajstić information content (AvgIpc) is 3.53. The number of hydrogen-bond donors (Lipinski definition) is 3. The molecule has 0 unspecified atom stereocenters. The van der Waals surface area contributed by atoms with E-state index in [4.69, 9.17) is 14.2 Å². The Kier molecular flexibility index (Phi) is 4.89. The van der Waals surface area contributed by atoms with Gasteiger partial charge in [-0.3, -0.25) is 0 Å². The number of aromatic nitrogens is 1. The number of fused-ring (bicyclic) bond motifs is 5. The Balaban J connectivity index is 1.20. The van der Waals surface area contributed by atoms with Crippen LogP contribution in [0.4, 0.5) is 0 Å². The summed E-state index contributed by atoms with van der Waals surface area (Å²) in [4.78, 5) is 4.02. The van der Waals surface area contributed by atoms with Crippen LogP contribution in [0, 0.1) is 23.2 Å². The van der Waals surface area contributed by atoms with Crippen LogP contribution < -0.4 is 0 Å². The van der Waals surface area contributed by atoms with Gasteiger partial charge >= 0.3 is 0 Å². The number of H-pyrrole nitrogens is 1. The molecule has 0 radical (unpaired) electrons. The van der Waals surface area contributed by atoms with Gasteiger partial charge in [0.1, 0.15) is 23.9 Å². The first-order valence-electron chi connectivity index (χ1n) is 16.8. The number of nitrogens with one attached hydrogen (secondary N) is 1. The van der Waals surface area contributed by atoms with E-state index < -0.39 is 40.3 Å². The van der Waals surface area contributed by atoms with Crippen molar-refractivity contribution in [2.24, 2.45) is 23.2 Å². The first kappa shape index (κ1) is 27.6. The molecule has 3 saturated carbocycles. The molecule has 0 bridgehead atoms. The van der Waals surface area contributed by atoms with Gasteiger partial charge in [0, 0.05) is 43.4 Å². The fourth-order valence-corrected chi connectivity index (χ4v) is 13.3. The second-order valence-corrected chi connectivity index (χ2v) is 17.7. The van der Waals surface area contributed by atoms with E-state index in [-0.39, 0.29) is 23.7 Å². The summed E-state index contributed by atoms with van der Waals surface area (Å²) in [6.45, 7) is 19.9. The molecule has 1 aromatic heterocycles. The summed E-state index contributed by atoms with van der Waals surface area (Å²) >= 11 is 3.99. The minimum absolute atomic E-state index is 0.0531. The minimum Gasteiger partial charge on any atom is -0.387 e. The van der Waals surface area contributed by atoms with E-state index in [1.54, 1.807) is 0 Å². The van der Waals surface area contributed by atoms with Crippen molar-refractivity contribution in [2.45, 2.75) is 132 Å². The summed E-state index contributed by atoms with van der Waals surface area (Å²) in [6, 6.07) is 2.28. The van der Waals surface area contributed by atoms with Gasteiger partial charge in [0.2, 0.25) is 0 Å². The maximum Gasteiger partial charge on any atom is 0.153 e. The molecule has 10 rings (SSSR count). The molecule has 44 heavy (non-hydrogen) atoms. The molecule has 5 aliphatic carbocycles. The van der Waals surface area contributed by atoms with Crippen molar-refractivity contribution >= 4 is 26.8 Å². The van der Waals surface area contributed by atoms with Crippen LogP contribution >= 0.6 is 15.9 Å². The van der Waals surface area contributed by atoms with Gasteiger partial charge in [0.25, 0.3) is 0 Å². The van der Waals surface area contributed by atoms with E-state index >= 15 is 0 Å². The quantitative estimate of drug-likeness (QED) is 0.235. The Morgan fingerprint density at radius 2 is 1.86 bits per heavy atom. The molecule has 3 aliphatic heterocycles. The number of epoxide rings is 1. The summed E-state index contributed by atoms with van der Waals surface area (Å²) < 4.78 is 21.7. The molecule has 4 heterocycles. The van der Waals surface area contributed by atoms with Gasteiger partial charge in [0.15, 0.2) is 5.60 Å². The van der Waals surface area contributed by atoms with Gasteiger partial charge in [-0.2, -0.15) is 0 Å². The van der Waals surface area contributed by atoms with Gasteiger partial charge < -0.3 is 29.4 Å². The molecule has 7 heteroatoms. The lowest BCUT2D eigenvalue weighted by molar-refractivity contribution is -0.274. The average molecular weight is 663 g/mol. The van der Waals surface area contributed by atoms with Crippen molar-refractivity contribution in [1.82, 2.24) is 4.98 Å². The monoisotopic (exact) mass is 661 g/mol. The molecular formula is C37H44BrNO5. The van der Waals surface area contributed by atoms with Crippen molar-refractivity contribution in [3.8, 4) is 0 Å². The summed E-state index contributed by atoms with van der Waals surface area (Å²) in [5.74, 6) is 1.58. The number of halogens is 1. The summed E-state index contributed by atoms with van der Waals surface area (Å²) in [5, 5.41) is 26.0. The highest BCUT2D eigenvalue weighted by Crippen LogP contribution is 2.77. The molecule has 1 aromatic carbocycles. The number of allylic oxidation sites excluding steroid dienone is 1. The SMILES string of the molecule is C=C1Cc2c(Br)cc3[nH]c4c5c3c2[C@H]2[C@@H]1C[C@@H]2C(C)(C)O[C@H]5[C@@H]1CC[C@@]2(O)[C@@]35O[C@@H]3[C@@H](O)[C@@H](C(=C)C)O[C@H]5CC[C@]2(C)[C@]41C. The molecule has 1 spiro atoms. The molecule has 0 amide bonds. The fourth-order valence-electron chi connectivity index (χ4n) is 12.7. The predicted octanol–water partition coefficient (Wildman–Crippen LogP) is 6.67. The van der Waals surface area contributed by atoms with Crippen molar-refractivity contribution in [2.75, 3.05) is 0 Å². The number of benzene rings is 1. The molecule has 8 aliphatic rings. The van der Waals surface area contributed by atoms with E-state index in [0.717, 1.165) is 37.7 Å². The third kappa shape index (κ3) is 2.62.